The third-order valence-electron chi connectivity index (χ3n) is 6.40. The Morgan fingerprint density at radius 3 is 2.09 bits per heavy atom. The van der Waals surface area contributed by atoms with E-state index in [-0.39, 0.29) is 12.6 Å². The average molecular weight is 465 g/mol. The van der Waals surface area contributed by atoms with Gasteiger partial charge in [-0.05, 0) is 29.7 Å². The Kier molecular flexibility index (Phi) is 6.78. The lowest BCUT2D eigenvalue weighted by molar-refractivity contribution is 0.208. The van der Waals surface area contributed by atoms with Gasteiger partial charge in [0.2, 0.25) is 17.5 Å². The molecule has 1 saturated heterocycles. The highest BCUT2D eigenvalue weighted by Crippen LogP contribution is 2.31. The van der Waals surface area contributed by atoms with Crippen LogP contribution in [0, 0.1) is 18.3 Å². The van der Waals surface area contributed by atoms with Crippen molar-refractivity contribution < 1.29 is 9.15 Å². The van der Waals surface area contributed by atoms with Crippen LogP contribution < -0.4 is 9.64 Å². The second-order valence-electron chi connectivity index (χ2n) is 8.67. The van der Waals surface area contributed by atoms with Crippen LogP contribution in [0.25, 0.3) is 0 Å². The monoisotopic (exact) mass is 464 g/mol. The normalized spacial score (nSPS) is 14.1. The first-order chi connectivity index (χ1) is 17.2. The van der Waals surface area contributed by atoms with Crippen LogP contribution in [0.4, 0.5) is 5.88 Å². The number of anilines is 1. The van der Waals surface area contributed by atoms with Crippen molar-refractivity contribution in [2.75, 3.05) is 31.1 Å². The Morgan fingerprint density at radius 2 is 1.49 bits per heavy atom. The molecule has 0 bridgehead atoms. The van der Waals surface area contributed by atoms with Gasteiger partial charge in [-0.2, -0.15) is 10.2 Å². The lowest BCUT2D eigenvalue weighted by Gasteiger charge is -2.39. The van der Waals surface area contributed by atoms with Gasteiger partial charge in [-0.25, -0.2) is 0 Å². The fraction of sp³-hybridized carbons (Fsp3) is 0.241. The molecule has 1 aromatic heterocycles. The Balaban J connectivity index is 1.30. The molecule has 2 heterocycles. The van der Waals surface area contributed by atoms with E-state index in [0.29, 0.717) is 17.5 Å². The largest absolute Gasteiger partial charge is 0.484 e. The minimum atomic E-state index is 0.183. The van der Waals surface area contributed by atoms with Crippen molar-refractivity contribution in [2.24, 2.45) is 0 Å². The number of ether oxygens (including phenoxy) is 1. The Bertz CT molecular complexity index is 1250. The van der Waals surface area contributed by atoms with Crippen LogP contribution in [0.5, 0.6) is 5.75 Å². The highest BCUT2D eigenvalue weighted by molar-refractivity contribution is 5.48. The Morgan fingerprint density at radius 1 is 0.886 bits per heavy atom. The van der Waals surface area contributed by atoms with E-state index in [9.17, 15) is 5.26 Å². The fourth-order valence-electron chi connectivity index (χ4n) is 4.63. The molecule has 1 fully saturated rings. The zero-order valence-electron chi connectivity index (χ0n) is 19.8. The van der Waals surface area contributed by atoms with Crippen molar-refractivity contribution in [1.82, 2.24) is 9.88 Å². The summed E-state index contributed by atoms with van der Waals surface area (Å²) in [5, 5.41) is 9.68. The zero-order valence-corrected chi connectivity index (χ0v) is 19.8. The van der Waals surface area contributed by atoms with Crippen molar-refractivity contribution in [2.45, 2.75) is 19.6 Å². The molecule has 0 aliphatic carbocycles. The molecule has 0 radical (unpaired) electrons. The molecule has 6 heteroatoms. The average Bonchev–Trinajstić information content (AvgIpc) is 3.33. The van der Waals surface area contributed by atoms with E-state index in [2.05, 4.69) is 81.5 Å². The van der Waals surface area contributed by atoms with Crippen LogP contribution in [-0.2, 0) is 6.61 Å². The van der Waals surface area contributed by atoms with Crippen molar-refractivity contribution in [3.63, 3.8) is 0 Å². The third-order valence-corrected chi connectivity index (χ3v) is 6.40. The second kappa shape index (κ2) is 10.5. The minimum absolute atomic E-state index is 0.183. The number of nitrogens with zero attached hydrogens (tertiary/aromatic N) is 4. The third kappa shape index (κ3) is 5.06. The number of piperazine rings is 1. The number of rotatable bonds is 7. The van der Waals surface area contributed by atoms with E-state index in [4.69, 9.17) is 9.15 Å². The van der Waals surface area contributed by atoms with Gasteiger partial charge in [0, 0.05) is 26.2 Å². The van der Waals surface area contributed by atoms with Crippen LogP contribution >= 0.6 is 0 Å². The summed E-state index contributed by atoms with van der Waals surface area (Å²) in [7, 11) is 0. The summed E-state index contributed by atoms with van der Waals surface area (Å²) in [4.78, 5) is 9.00. The molecule has 0 unspecified atom stereocenters. The van der Waals surface area contributed by atoms with Gasteiger partial charge >= 0.3 is 0 Å². The van der Waals surface area contributed by atoms with Crippen LogP contribution in [0.3, 0.4) is 0 Å². The smallest absolute Gasteiger partial charge is 0.236 e. The van der Waals surface area contributed by atoms with E-state index in [1.807, 2.05) is 31.2 Å². The van der Waals surface area contributed by atoms with E-state index >= 15 is 0 Å². The van der Waals surface area contributed by atoms with Crippen LogP contribution in [-0.4, -0.2) is 36.1 Å². The van der Waals surface area contributed by atoms with Gasteiger partial charge in [-0.3, -0.25) is 4.90 Å². The predicted octanol–water partition coefficient (Wildman–Crippen LogP) is 5.35. The van der Waals surface area contributed by atoms with E-state index < -0.39 is 0 Å². The van der Waals surface area contributed by atoms with Gasteiger partial charge in [0.1, 0.15) is 11.8 Å². The van der Waals surface area contributed by atoms with E-state index in [0.717, 1.165) is 37.5 Å². The number of hydrogen-bond acceptors (Lipinski definition) is 6. The molecule has 4 aromatic rings. The molecule has 176 valence electrons. The molecule has 35 heavy (non-hydrogen) atoms. The predicted molar refractivity (Wildman–Crippen MR) is 135 cm³/mol. The standard InChI is InChI=1S/C29H28N4O2/c1-22-10-8-9-15-26(22)34-21-27-31-25(20-30)29(35-27)33-18-16-32(17-19-33)28(23-11-4-2-5-12-23)24-13-6-3-7-14-24/h2-15,28H,16-19,21H2,1H3. The van der Waals surface area contributed by atoms with Gasteiger partial charge in [0.25, 0.3) is 0 Å². The molecule has 1 aliphatic rings. The summed E-state index contributed by atoms with van der Waals surface area (Å²) in [6, 6.07) is 31.4. The number of benzene rings is 3. The highest BCUT2D eigenvalue weighted by Gasteiger charge is 2.29. The summed E-state index contributed by atoms with van der Waals surface area (Å²) in [5.41, 5.74) is 3.91. The number of para-hydroxylation sites is 1. The first kappa shape index (κ1) is 22.7. The van der Waals surface area contributed by atoms with E-state index in [1.54, 1.807) is 0 Å². The number of aryl methyl sites for hydroxylation is 1. The van der Waals surface area contributed by atoms with Crippen molar-refractivity contribution in [1.29, 1.82) is 5.26 Å². The maximum Gasteiger partial charge on any atom is 0.236 e. The van der Waals surface area contributed by atoms with Crippen LogP contribution in [0.15, 0.2) is 89.3 Å². The van der Waals surface area contributed by atoms with Crippen molar-refractivity contribution in [3.8, 4) is 11.8 Å². The summed E-state index contributed by atoms with van der Waals surface area (Å²) in [5.74, 6) is 1.73. The number of hydrogen-bond donors (Lipinski definition) is 0. The molecule has 0 atom stereocenters. The summed E-state index contributed by atoms with van der Waals surface area (Å²) in [6.45, 7) is 5.36. The maximum atomic E-state index is 9.68. The lowest BCUT2D eigenvalue weighted by Crippen LogP contribution is -2.48. The first-order valence-electron chi connectivity index (χ1n) is 11.9. The first-order valence-corrected chi connectivity index (χ1v) is 11.9. The molecule has 3 aromatic carbocycles. The molecular formula is C29H28N4O2. The lowest BCUT2D eigenvalue weighted by atomic mass is 9.96. The Labute approximate surface area is 206 Å². The molecule has 0 amide bonds. The minimum Gasteiger partial charge on any atom is -0.484 e. The molecular weight excluding hydrogens is 436 g/mol. The molecule has 0 spiro atoms. The summed E-state index contributed by atoms with van der Waals surface area (Å²) >= 11 is 0. The zero-order chi connectivity index (χ0) is 24.0. The number of nitriles is 1. The number of oxazole rings is 1. The van der Waals surface area contributed by atoms with Crippen molar-refractivity contribution in [3.05, 3.63) is 113 Å². The van der Waals surface area contributed by atoms with Crippen molar-refractivity contribution >= 4 is 5.88 Å². The van der Waals surface area contributed by atoms with Crippen LogP contribution in [0.2, 0.25) is 0 Å². The molecule has 1 aliphatic heterocycles. The summed E-state index contributed by atoms with van der Waals surface area (Å²) < 4.78 is 11.9. The van der Waals surface area contributed by atoms with Gasteiger partial charge in [0.15, 0.2) is 6.61 Å². The molecule has 0 saturated carbocycles. The van der Waals surface area contributed by atoms with Crippen LogP contribution in [0.1, 0.15) is 34.3 Å². The molecule has 0 N–H and O–H groups in total. The van der Waals surface area contributed by atoms with Gasteiger partial charge in [0.05, 0.1) is 6.04 Å². The summed E-state index contributed by atoms with van der Waals surface area (Å²) in [6.07, 6.45) is 0. The topological polar surface area (TPSA) is 65.5 Å². The maximum absolute atomic E-state index is 9.68. The van der Waals surface area contributed by atoms with Gasteiger partial charge in [-0.1, -0.05) is 78.9 Å². The fourth-order valence-corrected chi connectivity index (χ4v) is 4.63. The Hall–Kier alpha value is -4.08. The molecule has 6 nitrogen and oxygen atoms in total. The SMILES string of the molecule is Cc1ccccc1OCc1nc(C#N)c(N2CCN(C(c3ccccc3)c3ccccc3)CC2)o1. The second-order valence-corrected chi connectivity index (χ2v) is 8.67. The molecule has 5 rings (SSSR count). The van der Waals surface area contributed by atoms with Gasteiger partial charge < -0.3 is 14.1 Å². The number of aromatic nitrogens is 1. The van der Waals surface area contributed by atoms with E-state index in [1.165, 1.54) is 11.1 Å². The highest BCUT2D eigenvalue weighted by atomic mass is 16.5. The van der Waals surface area contributed by atoms with Gasteiger partial charge in [-0.15, -0.1) is 0 Å². The quantitative estimate of drug-likeness (QED) is 0.368.